The molecule has 1 aliphatic rings. The molecule has 0 aromatic heterocycles. The van der Waals surface area contributed by atoms with Gasteiger partial charge in [0, 0.05) is 0 Å². The van der Waals surface area contributed by atoms with Crippen LogP contribution < -0.4 is 0 Å². The van der Waals surface area contributed by atoms with E-state index in [2.05, 4.69) is 41.5 Å². The molecule has 20 heavy (non-hydrogen) atoms. The van der Waals surface area contributed by atoms with Crippen LogP contribution in [0.25, 0.3) is 0 Å². The Labute approximate surface area is 129 Å². The average Bonchev–Trinajstić information content (AvgIpc) is 2.33. The van der Waals surface area contributed by atoms with Crippen LogP contribution in [0.15, 0.2) is 0 Å². The lowest BCUT2D eigenvalue weighted by Gasteiger charge is -2.35. The summed E-state index contributed by atoms with van der Waals surface area (Å²) >= 11 is 0. The van der Waals surface area contributed by atoms with Crippen LogP contribution in [-0.4, -0.2) is 0 Å². The highest BCUT2D eigenvalue weighted by molar-refractivity contribution is 4.78. The molecule has 120 valence electrons. The van der Waals surface area contributed by atoms with Crippen molar-refractivity contribution >= 4 is 0 Å². The Hall–Kier alpha value is 0. The van der Waals surface area contributed by atoms with Crippen molar-refractivity contribution < 1.29 is 0 Å². The molecule has 0 N–H and O–H groups in total. The van der Waals surface area contributed by atoms with Crippen LogP contribution in [0.2, 0.25) is 0 Å². The van der Waals surface area contributed by atoms with Gasteiger partial charge in [-0.25, -0.2) is 0 Å². The Morgan fingerprint density at radius 3 is 1.85 bits per heavy atom. The third kappa shape index (κ3) is 6.64. The van der Waals surface area contributed by atoms with Crippen molar-refractivity contribution in [3.8, 4) is 0 Å². The summed E-state index contributed by atoms with van der Waals surface area (Å²) in [4.78, 5) is 0. The maximum absolute atomic E-state index is 2.54. The van der Waals surface area contributed by atoms with E-state index in [9.17, 15) is 0 Å². The largest absolute Gasteiger partial charge is 0.0654 e. The van der Waals surface area contributed by atoms with Gasteiger partial charge < -0.3 is 0 Å². The van der Waals surface area contributed by atoms with Crippen molar-refractivity contribution in [3.05, 3.63) is 0 Å². The number of unbranched alkanes of at least 4 members (excludes halogenated alkanes) is 1. The zero-order valence-electron chi connectivity index (χ0n) is 15.1. The third-order valence-electron chi connectivity index (χ3n) is 5.65. The van der Waals surface area contributed by atoms with Crippen LogP contribution in [0.4, 0.5) is 0 Å². The monoisotopic (exact) mass is 280 g/mol. The van der Waals surface area contributed by atoms with E-state index < -0.39 is 0 Å². The first-order valence-electron chi connectivity index (χ1n) is 9.42. The molecule has 0 saturated heterocycles. The fraction of sp³-hybridized carbons (Fsp3) is 1.00. The third-order valence-corrected chi connectivity index (χ3v) is 5.65. The fourth-order valence-corrected chi connectivity index (χ4v) is 4.75. The molecule has 0 spiro atoms. The maximum atomic E-state index is 2.54. The Balaban J connectivity index is 2.49. The van der Waals surface area contributed by atoms with Gasteiger partial charge in [0.1, 0.15) is 0 Å². The standard InChI is InChI=1S/C20H40/c1-7-8-9-15(2)12-19(6)20-13-17(4)10-16(3)11-18(5)14-20/h15-20H,7-14H2,1-6H3. The van der Waals surface area contributed by atoms with Crippen LogP contribution >= 0.6 is 0 Å². The summed E-state index contributed by atoms with van der Waals surface area (Å²) < 4.78 is 0. The first kappa shape index (κ1) is 18.1. The van der Waals surface area contributed by atoms with E-state index in [-0.39, 0.29) is 0 Å². The van der Waals surface area contributed by atoms with E-state index in [4.69, 9.17) is 0 Å². The van der Waals surface area contributed by atoms with Crippen molar-refractivity contribution in [1.29, 1.82) is 0 Å². The molecule has 0 aliphatic heterocycles. The van der Waals surface area contributed by atoms with Gasteiger partial charge in [-0.15, -0.1) is 0 Å². The van der Waals surface area contributed by atoms with Gasteiger partial charge in [-0.3, -0.25) is 0 Å². The Morgan fingerprint density at radius 2 is 1.35 bits per heavy atom. The van der Waals surface area contributed by atoms with Gasteiger partial charge in [0.05, 0.1) is 0 Å². The smallest absolute Gasteiger partial charge is 0.0383 e. The van der Waals surface area contributed by atoms with Gasteiger partial charge in [0.25, 0.3) is 0 Å². The summed E-state index contributed by atoms with van der Waals surface area (Å²) in [5, 5.41) is 0. The number of hydrogen-bond acceptors (Lipinski definition) is 0. The molecule has 1 aliphatic carbocycles. The molecule has 1 saturated carbocycles. The summed E-state index contributed by atoms with van der Waals surface area (Å²) in [6.07, 6.45) is 11.6. The second-order valence-corrected chi connectivity index (χ2v) is 8.48. The van der Waals surface area contributed by atoms with Crippen LogP contribution in [0.3, 0.4) is 0 Å². The van der Waals surface area contributed by atoms with Gasteiger partial charge in [-0.1, -0.05) is 60.8 Å². The van der Waals surface area contributed by atoms with E-state index in [1.54, 1.807) is 0 Å². The lowest BCUT2D eigenvalue weighted by Crippen LogP contribution is -2.24. The van der Waals surface area contributed by atoms with E-state index in [1.165, 1.54) is 51.4 Å². The lowest BCUT2D eigenvalue weighted by molar-refractivity contribution is 0.163. The normalized spacial score (nSPS) is 35.1. The maximum Gasteiger partial charge on any atom is -0.0383 e. The molecule has 0 bridgehead atoms. The summed E-state index contributed by atoms with van der Waals surface area (Å²) in [5.74, 6) is 5.67. The topological polar surface area (TPSA) is 0 Å². The predicted molar refractivity (Wildman–Crippen MR) is 91.9 cm³/mol. The van der Waals surface area contributed by atoms with Gasteiger partial charge in [0.15, 0.2) is 0 Å². The number of hydrogen-bond donors (Lipinski definition) is 0. The highest BCUT2D eigenvalue weighted by Gasteiger charge is 2.27. The minimum Gasteiger partial charge on any atom is -0.0654 e. The van der Waals surface area contributed by atoms with Gasteiger partial charge in [-0.05, 0) is 67.6 Å². The van der Waals surface area contributed by atoms with Crippen LogP contribution in [-0.2, 0) is 0 Å². The molecule has 0 amide bonds. The van der Waals surface area contributed by atoms with E-state index >= 15 is 0 Å². The van der Waals surface area contributed by atoms with Crippen LogP contribution in [0, 0.1) is 35.5 Å². The molecule has 0 radical (unpaired) electrons. The number of rotatable bonds is 6. The predicted octanol–water partition coefficient (Wildman–Crippen LogP) is 6.94. The molecule has 4 unspecified atom stereocenters. The molecule has 1 fully saturated rings. The highest BCUT2D eigenvalue weighted by atomic mass is 14.3. The van der Waals surface area contributed by atoms with E-state index in [1.807, 2.05) is 0 Å². The first-order chi connectivity index (χ1) is 9.42. The van der Waals surface area contributed by atoms with Crippen LogP contribution in [0.1, 0.15) is 92.9 Å². The molecule has 0 nitrogen and oxygen atoms in total. The minimum absolute atomic E-state index is 0.930. The highest BCUT2D eigenvalue weighted by Crippen LogP contribution is 2.38. The second-order valence-electron chi connectivity index (χ2n) is 8.48. The zero-order valence-corrected chi connectivity index (χ0v) is 15.1. The van der Waals surface area contributed by atoms with Gasteiger partial charge in [-0.2, -0.15) is 0 Å². The summed E-state index contributed by atoms with van der Waals surface area (Å²) in [6.45, 7) is 14.8. The minimum atomic E-state index is 0.930. The fourth-order valence-electron chi connectivity index (χ4n) is 4.75. The van der Waals surface area contributed by atoms with Crippen molar-refractivity contribution in [2.75, 3.05) is 0 Å². The molecule has 0 heterocycles. The van der Waals surface area contributed by atoms with E-state index in [0.717, 1.165) is 35.5 Å². The molecule has 0 heteroatoms. The molecule has 0 aromatic carbocycles. The SMILES string of the molecule is CCCCC(C)CC(C)C1CC(C)CC(C)CC(C)C1. The van der Waals surface area contributed by atoms with Crippen molar-refractivity contribution in [2.45, 2.75) is 92.9 Å². The summed E-state index contributed by atoms with van der Waals surface area (Å²) in [5.41, 5.74) is 0. The average molecular weight is 281 g/mol. The Morgan fingerprint density at radius 1 is 0.850 bits per heavy atom. The van der Waals surface area contributed by atoms with Gasteiger partial charge >= 0.3 is 0 Å². The molecule has 1 rings (SSSR count). The second kappa shape index (κ2) is 9.11. The van der Waals surface area contributed by atoms with Crippen molar-refractivity contribution in [1.82, 2.24) is 0 Å². The summed E-state index contributed by atoms with van der Waals surface area (Å²) in [6, 6.07) is 0. The molecule has 4 atom stereocenters. The molecular formula is C20H40. The van der Waals surface area contributed by atoms with E-state index in [0.29, 0.717) is 0 Å². The quantitative estimate of drug-likeness (QED) is 0.494. The lowest BCUT2D eigenvalue weighted by atomic mass is 9.71. The van der Waals surface area contributed by atoms with Crippen LogP contribution in [0.5, 0.6) is 0 Å². The van der Waals surface area contributed by atoms with Crippen molar-refractivity contribution in [3.63, 3.8) is 0 Å². The molecule has 0 aromatic rings. The Bertz CT molecular complexity index is 230. The van der Waals surface area contributed by atoms with Gasteiger partial charge in [0.2, 0.25) is 0 Å². The van der Waals surface area contributed by atoms with Crippen molar-refractivity contribution in [2.24, 2.45) is 35.5 Å². The Kier molecular flexibility index (Phi) is 8.22. The molecular weight excluding hydrogens is 240 g/mol. The summed E-state index contributed by atoms with van der Waals surface area (Å²) in [7, 11) is 0. The zero-order chi connectivity index (χ0) is 15.1. The first-order valence-corrected chi connectivity index (χ1v) is 9.42.